The maximum atomic E-state index is 6.07. The lowest BCUT2D eigenvalue weighted by Crippen LogP contribution is -2.35. The Morgan fingerprint density at radius 1 is 1.23 bits per heavy atom. The van der Waals surface area contributed by atoms with Crippen LogP contribution < -0.4 is 0 Å². The van der Waals surface area contributed by atoms with Gasteiger partial charge in [-0.2, -0.15) is 0 Å². The molecule has 0 saturated carbocycles. The van der Waals surface area contributed by atoms with Gasteiger partial charge in [0.15, 0.2) is 0 Å². The highest BCUT2D eigenvalue weighted by molar-refractivity contribution is 6.73. The van der Waals surface area contributed by atoms with Crippen molar-refractivity contribution in [2.45, 2.75) is 45.8 Å². The molecule has 0 amide bonds. The predicted octanol–water partition coefficient (Wildman–Crippen LogP) is 4.10. The predicted molar refractivity (Wildman–Crippen MR) is 62.2 cm³/mol. The van der Waals surface area contributed by atoms with Crippen LogP contribution in [-0.2, 0) is 4.43 Å². The molecule has 0 rings (SSSR count). The first-order valence-corrected chi connectivity index (χ1v) is 7.68. The average molecular weight is 198 g/mol. The molecule has 0 spiro atoms. The molecule has 0 saturated heterocycles. The molecule has 1 nitrogen and oxygen atoms in total. The van der Waals surface area contributed by atoms with Crippen molar-refractivity contribution in [2.75, 3.05) is 0 Å². The Labute approximate surface area is 83.6 Å². The van der Waals surface area contributed by atoms with Gasteiger partial charge in [0.05, 0.1) is 5.76 Å². The van der Waals surface area contributed by atoms with E-state index < -0.39 is 8.32 Å². The van der Waals surface area contributed by atoms with Gasteiger partial charge in [-0.05, 0) is 37.2 Å². The minimum Gasteiger partial charge on any atom is -0.544 e. The van der Waals surface area contributed by atoms with Crippen molar-refractivity contribution in [2.24, 2.45) is 0 Å². The third-order valence-corrected chi connectivity index (χ3v) is 7.29. The van der Waals surface area contributed by atoms with E-state index in [-0.39, 0.29) is 0 Å². The zero-order valence-corrected chi connectivity index (χ0v) is 10.4. The highest BCUT2D eigenvalue weighted by Gasteiger charge is 2.30. The van der Waals surface area contributed by atoms with Crippen LogP contribution in [0.3, 0.4) is 0 Å². The van der Waals surface area contributed by atoms with E-state index in [1.807, 2.05) is 19.1 Å². The molecule has 0 radical (unpaired) electrons. The SMILES string of the molecule is C=C/C(=C/C)O[Si](CC)(CC)CC. The summed E-state index contributed by atoms with van der Waals surface area (Å²) in [6.07, 6.45) is 3.80. The molecule has 76 valence electrons. The topological polar surface area (TPSA) is 9.23 Å². The number of rotatable bonds is 6. The summed E-state index contributed by atoms with van der Waals surface area (Å²) >= 11 is 0. The molecule has 0 fully saturated rings. The lowest BCUT2D eigenvalue weighted by Gasteiger charge is -2.29. The van der Waals surface area contributed by atoms with Crippen LogP contribution in [0.4, 0.5) is 0 Å². The second-order valence-electron chi connectivity index (χ2n) is 3.24. The van der Waals surface area contributed by atoms with Crippen LogP contribution in [0.2, 0.25) is 18.1 Å². The van der Waals surface area contributed by atoms with Gasteiger partial charge < -0.3 is 4.43 Å². The van der Waals surface area contributed by atoms with Gasteiger partial charge in [0.25, 0.3) is 0 Å². The number of hydrogen-bond donors (Lipinski definition) is 0. The van der Waals surface area contributed by atoms with Gasteiger partial charge in [0, 0.05) is 0 Å². The molecular weight excluding hydrogens is 176 g/mol. The van der Waals surface area contributed by atoms with Gasteiger partial charge in [-0.1, -0.05) is 27.4 Å². The molecule has 13 heavy (non-hydrogen) atoms. The molecule has 2 heteroatoms. The van der Waals surface area contributed by atoms with Gasteiger partial charge in [-0.3, -0.25) is 0 Å². The molecule has 0 N–H and O–H groups in total. The molecule has 0 aromatic rings. The standard InChI is InChI=1S/C11H22OSi/c1-6-11(7-2)12-13(8-3,9-4)10-5/h6-7H,1,8-10H2,2-5H3/b11-7-. The highest BCUT2D eigenvalue weighted by Crippen LogP contribution is 2.24. The summed E-state index contributed by atoms with van der Waals surface area (Å²) < 4.78 is 6.07. The molecule has 0 aliphatic heterocycles. The van der Waals surface area contributed by atoms with Crippen LogP contribution in [0.1, 0.15) is 27.7 Å². The molecule has 0 aliphatic carbocycles. The fourth-order valence-corrected chi connectivity index (χ4v) is 4.07. The molecule has 0 bridgehead atoms. The highest BCUT2D eigenvalue weighted by atomic mass is 28.4. The van der Waals surface area contributed by atoms with E-state index in [1.54, 1.807) is 0 Å². The van der Waals surface area contributed by atoms with E-state index in [4.69, 9.17) is 4.43 Å². The van der Waals surface area contributed by atoms with Crippen LogP contribution in [0.25, 0.3) is 0 Å². The summed E-state index contributed by atoms with van der Waals surface area (Å²) in [5, 5.41) is 0. The lowest BCUT2D eigenvalue weighted by atomic mass is 10.5. The van der Waals surface area contributed by atoms with Crippen molar-refractivity contribution in [3.63, 3.8) is 0 Å². The number of allylic oxidation sites excluding steroid dienone is 2. The van der Waals surface area contributed by atoms with Gasteiger partial charge in [0.2, 0.25) is 8.32 Å². The van der Waals surface area contributed by atoms with Crippen LogP contribution in [0.5, 0.6) is 0 Å². The Morgan fingerprint density at radius 3 is 1.92 bits per heavy atom. The van der Waals surface area contributed by atoms with E-state index in [0.717, 1.165) is 5.76 Å². The summed E-state index contributed by atoms with van der Waals surface area (Å²) in [4.78, 5) is 0. The van der Waals surface area contributed by atoms with Gasteiger partial charge >= 0.3 is 0 Å². The molecule has 0 aromatic heterocycles. The largest absolute Gasteiger partial charge is 0.544 e. The Balaban J connectivity index is 4.49. The molecule has 0 heterocycles. The Bertz CT molecular complexity index is 172. The monoisotopic (exact) mass is 198 g/mol. The number of hydrogen-bond acceptors (Lipinski definition) is 1. The van der Waals surface area contributed by atoms with Crippen molar-refractivity contribution in [3.8, 4) is 0 Å². The van der Waals surface area contributed by atoms with Crippen LogP contribution in [-0.4, -0.2) is 8.32 Å². The minimum absolute atomic E-state index is 0.956. The van der Waals surface area contributed by atoms with Crippen molar-refractivity contribution in [1.29, 1.82) is 0 Å². The Kier molecular flexibility index (Phi) is 5.79. The van der Waals surface area contributed by atoms with Crippen molar-refractivity contribution in [1.82, 2.24) is 0 Å². The lowest BCUT2D eigenvalue weighted by molar-refractivity contribution is 0.422. The van der Waals surface area contributed by atoms with Crippen LogP contribution in [0, 0.1) is 0 Å². The summed E-state index contributed by atoms with van der Waals surface area (Å²) in [7, 11) is -1.46. The summed E-state index contributed by atoms with van der Waals surface area (Å²) in [5.74, 6) is 0.956. The summed E-state index contributed by atoms with van der Waals surface area (Å²) in [6.45, 7) is 12.4. The summed E-state index contributed by atoms with van der Waals surface area (Å²) in [6, 6.07) is 3.56. The molecular formula is C11H22OSi. The fraction of sp³-hybridized carbons (Fsp3) is 0.636. The summed E-state index contributed by atoms with van der Waals surface area (Å²) in [5.41, 5.74) is 0. The normalized spacial score (nSPS) is 12.8. The van der Waals surface area contributed by atoms with E-state index in [2.05, 4.69) is 27.4 Å². The maximum Gasteiger partial charge on any atom is 0.250 e. The average Bonchev–Trinajstić information content (AvgIpc) is 2.21. The van der Waals surface area contributed by atoms with Gasteiger partial charge in [0.1, 0.15) is 0 Å². The molecule has 0 aliphatic rings. The first-order chi connectivity index (χ1) is 6.17. The van der Waals surface area contributed by atoms with E-state index >= 15 is 0 Å². The van der Waals surface area contributed by atoms with Crippen molar-refractivity contribution >= 4 is 8.32 Å². The zero-order valence-electron chi connectivity index (χ0n) is 9.39. The maximum absolute atomic E-state index is 6.07. The van der Waals surface area contributed by atoms with Gasteiger partial charge in [-0.15, -0.1) is 0 Å². The van der Waals surface area contributed by atoms with Gasteiger partial charge in [-0.25, -0.2) is 0 Å². The van der Waals surface area contributed by atoms with Crippen molar-refractivity contribution < 1.29 is 4.43 Å². The first kappa shape index (κ1) is 12.5. The van der Waals surface area contributed by atoms with E-state index in [1.165, 1.54) is 18.1 Å². The smallest absolute Gasteiger partial charge is 0.250 e. The second kappa shape index (κ2) is 6.03. The van der Waals surface area contributed by atoms with Crippen LogP contribution in [0.15, 0.2) is 24.5 Å². The van der Waals surface area contributed by atoms with E-state index in [9.17, 15) is 0 Å². The third kappa shape index (κ3) is 3.39. The second-order valence-corrected chi connectivity index (χ2v) is 7.93. The minimum atomic E-state index is -1.46. The Morgan fingerprint density at radius 2 is 1.69 bits per heavy atom. The quantitative estimate of drug-likeness (QED) is 0.355. The molecule has 0 atom stereocenters. The van der Waals surface area contributed by atoms with Crippen LogP contribution >= 0.6 is 0 Å². The first-order valence-electron chi connectivity index (χ1n) is 5.15. The molecule has 0 aromatic carbocycles. The zero-order chi connectivity index (χ0) is 10.3. The van der Waals surface area contributed by atoms with E-state index in [0.29, 0.717) is 0 Å². The molecule has 0 unspecified atom stereocenters. The third-order valence-electron chi connectivity index (χ3n) is 2.75. The Hall–Kier alpha value is -0.503. The van der Waals surface area contributed by atoms with Crippen molar-refractivity contribution in [3.05, 3.63) is 24.5 Å². The fourth-order valence-electron chi connectivity index (χ4n) is 1.43.